The number of fused-ring (bicyclic) bond motifs is 1. The van der Waals surface area contributed by atoms with Gasteiger partial charge in [-0.05, 0) is 36.5 Å². The second-order valence-electron chi connectivity index (χ2n) is 10.7. The van der Waals surface area contributed by atoms with Gasteiger partial charge >= 0.3 is 12.3 Å². The summed E-state index contributed by atoms with van der Waals surface area (Å²) < 4.78 is 18.6. The molecule has 1 heterocycles. The molecule has 2 aliphatic rings. The summed E-state index contributed by atoms with van der Waals surface area (Å²) in [6, 6.07) is 10.6. The minimum Gasteiger partial charge on any atom is -0.462 e. The van der Waals surface area contributed by atoms with Gasteiger partial charge in [-0.15, -0.1) is 18.2 Å². The lowest BCUT2D eigenvalue weighted by Gasteiger charge is -2.39. The fourth-order valence-electron chi connectivity index (χ4n) is 4.47. The molecule has 4 nitrogen and oxygen atoms in total. The summed E-state index contributed by atoms with van der Waals surface area (Å²) in [7, 11) is 3.43. The van der Waals surface area contributed by atoms with Crippen molar-refractivity contribution < 1.29 is 18.6 Å². The van der Waals surface area contributed by atoms with Crippen LogP contribution in [0.4, 0.5) is 0 Å². The molecular weight excluding hydrogens is 453 g/mol. The molecule has 8 heteroatoms. The Kier molecular flexibility index (Phi) is 8.83. The Balaban J connectivity index is 1.78. The lowest BCUT2D eigenvalue weighted by molar-refractivity contribution is -0.141. The fraction of sp³-hybridized carbons (Fsp3) is 0.625. The number of esters is 1. The molecule has 7 atom stereocenters. The van der Waals surface area contributed by atoms with Crippen LogP contribution >= 0.6 is 18.2 Å². The predicted octanol–water partition coefficient (Wildman–Crippen LogP) is 5.64. The normalized spacial score (nSPS) is 26.9. The van der Waals surface area contributed by atoms with Crippen LogP contribution in [0.15, 0.2) is 42.5 Å². The standard InChI is InChI=1S/C24H39BO4P2Si/c1-24(2,3)32(4,5)29-18(12-11-17-9-7-6-8-10-17)13-14-19-20-15-23(26)27-21(20)16-22(19)28-25(30)31/h6-10,13-14,18-22H,11-12,15-16,30-31H2,1-5H3/t18?,19-,20-,21+,22-/m1/s1. The summed E-state index contributed by atoms with van der Waals surface area (Å²) in [6.45, 7) is 11.5. The quantitative estimate of drug-likeness (QED) is 0.194. The van der Waals surface area contributed by atoms with Gasteiger partial charge in [0.05, 0.1) is 18.6 Å². The monoisotopic (exact) mass is 492 g/mol. The molecular formula is C24H39BO4P2Si. The number of ether oxygens (including phenoxy) is 1. The SMILES string of the molecule is CC(C)(C)[Si](C)(C)OC(C=C[C@@H]1[C@H]2CC(=O)O[C@H]2C[C@H]1OB(P)P)CCc1ccccc1. The maximum Gasteiger partial charge on any atom is 0.336 e. The highest BCUT2D eigenvalue weighted by Crippen LogP contribution is 2.44. The molecule has 0 amide bonds. The summed E-state index contributed by atoms with van der Waals surface area (Å²) in [5.41, 5.74) is 1.33. The molecule has 1 saturated carbocycles. The highest BCUT2D eigenvalue weighted by atomic mass is 31.1. The number of hydrogen-bond acceptors (Lipinski definition) is 4. The van der Waals surface area contributed by atoms with Crippen LogP contribution in [0, 0.1) is 11.8 Å². The average molecular weight is 492 g/mol. The van der Waals surface area contributed by atoms with Crippen molar-refractivity contribution in [1.82, 2.24) is 0 Å². The number of benzene rings is 1. The van der Waals surface area contributed by atoms with Crippen molar-refractivity contribution in [3.63, 3.8) is 0 Å². The molecule has 0 radical (unpaired) electrons. The van der Waals surface area contributed by atoms with E-state index in [1.54, 1.807) is 0 Å². The maximum atomic E-state index is 11.9. The van der Waals surface area contributed by atoms with Crippen LogP contribution in [-0.2, 0) is 25.0 Å². The first-order valence-corrected chi connectivity index (χ1v) is 16.0. The summed E-state index contributed by atoms with van der Waals surface area (Å²) in [6.07, 6.45) is 7.72. The second-order valence-corrected chi connectivity index (χ2v) is 17.5. The third-order valence-corrected chi connectivity index (χ3v) is 12.1. The molecule has 176 valence electrons. The van der Waals surface area contributed by atoms with E-state index in [0.717, 1.165) is 19.3 Å². The zero-order chi connectivity index (χ0) is 23.5. The van der Waals surface area contributed by atoms with Gasteiger partial charge in [-0.1, -0.05) is 63.3 Å². The van der Waals surface area contributed by atoms with Gasteiger partial charge in [0.25, 0.3) is 0 Å². The second kappa shape index (κ2) is 10.8. The van der Waals surface area contributed by atoms with E-state index < -0.39 is 8.32 Å². The smallest absolute Gasteiger partial charge is 0.336 e. The minimum atomic E-state index is -1.93. The van der Waals surface area contributed by atoms with Crippen molar-refractivity contribution in [2.75, 3.05) is 0 Å². The van der Waals surface area contributed by atoms with Crippen molar-refractivity contribution in [1.29, 1.82) is 0 Å². The fourth-order valence-corrected chi connectivity index (χ4v) is 6.18. The Labute approximate surface area is 200 Å². The summed E-state index contributed by atoms with van der Waals surface area (Å²) >= 11 is 0. The van der Waals surface area contributed by atoms with Gasteiger partial charge in [-0.3, -0.25) is 4.79 Å². The van der Waals surface area contributed by atoms with Crippen molar-refractivity contribution in [3.05, 3.63) is 48.0 Å². The van der Waals surface area contributed by atoms with E-state index in [-0.39, 0.29) is 47.5 Å². The topological polar surface area (TPSA) is 44.8 Å². The van der Waals surface area contributed by atoms with E-state index in [2.05, 4.69) is 94.6 Å². The highest BCUT2D eigenvalue weighted by Gasteiger charge is 2.49. The van der Waals surface area contributed by atoms with Crippen LogP contribution in [0.5, 0.6) is 0 Å². The lowest BCUT2D eigenvalue weighted by atomic mass is 9.91. The first-order chi connectivity index (χ1) is 15.0. The number of carbonyl (C=O) groups is 1. The molecule has 3 rings (SSSR count). The predicted molar refractivity (Wildman–Crippen MR) is 142 cm³/mol. The Morgan fingerprint density at radius 2 is 1.94 bits per heavy atom. The number of hydrogen-bond donors (Lipinski definition) is 0. The molecule has 3 unspecified atom stereocenters. The number of rotatable bonds is 9. The van der Waals surface area contributed by atoms with Gasteiger partial charge in [0.1, 0.15) is 6.10 Å². The number of carbonyl (C=O) groups excluding carboxylic acids is 1. The molecule has 0 aromatic heterocycles. The van der Waals surface area contributed by atoms with Crippen LogP contribution in [0.1, 0.15) is 45.6 Å². The van der Waals surface area contributed by atoms with Gasteiger partial charge in [-0.2, -0.15) is 0 Å². The Morgan fingerprint density at radius 1 is 1.25 bits per heavy atom. The zero-order valence-corrected chi connectivity index (χ0v) is 23.4. The molecule has 1 aliphatic carbocycles. The average Bonchev–Trinajstić information content (AvgIpc) is 3.19. The van der Waals surface area contributed by atoms with E-state index in [1.165, 1.54) is 5.56 Å². The van der Waals surface area contributed by atoms with Crippen LogP contribution < -0.4 is 0 Å². The molecule has 0 bridgehead atoms. The molecule has 1 aromatic rings. The summed E-state index contributed by atoms with van der Waals surface area (Å²) in [4.78, 5) is 11.9. The first-order valence-electron chi connectivity index (χ1n) is 11.7. The van der Waals surface area contributed by atoms with Crippen LogP contribution in [0.3, 0.4) is 0 Å². The molecule has 1 aromatic carbocycles. The van der Waals surface area contributed by atoms with Gasteiger partial charge in [-0.25, -0.2) is 0 Å². The highest BCUT2D eigenvalue weighted by molar-refractivity contribution is 7.92. The van der Waals surface area contributed by atoms with E-state index in [4.69, 9.17) is 13.8 Å². The molecule has 0 spiro atoms. The van der Waals surface area contributed by atoms with E-state index >= 15 is 0 Å². The zero-order valence-electron chi connectivity index (χ0n) is 20.1. The molecule has 0 N–H and O–H groups in total. The number of aryl methyl sites for hydroxylation is 1. The van der Waals surface area contributed by atoms with Crippen molar-refractivity contribution in [3.8, 4) is 0 Å². The molecule has 32 heavy (non-hydrogen) atoms. The largest absolute Gasteiger partial charge is 0.462 e. The molecule has 2 fully saturated rings. The Hall–Kier alpha value is -0.508. The van der Waals surface area contributed by atoms with Crippen molar-refractivity contribution in [2.45, 2.75) is 82.9 Å². The molecule has 1 aliphatic heterocycles. The van der Waals surface area contributed by atoms with Crippen LogP contribution in [0.25, 0.3) is 0 Å². The molecule has 1 saturated heterocycles. The summed E-state index contributed by atoms with van der Waals surface area (Å²) in [5.74, 6) is 0.278. The van der Waals surface area contributed by atoms with Gasteiger partial charge in [0, 0.05) is 18.3 Å². The van der Waals surface area contributed by atoms with Crippen LogP contribution in [0.2, 0.25) is 18.1 Å². The van der Waals surface area contributed by atoms with Crippen molar-refractivity contribution >= 4 is 38.9 Å². The Morgan fingerprint density at radius 3 is 2.56 bits per heavy atom. The Bertz CT molecular complexity index is 797. The van der Waals surface area contributed by atoms with Gasteiger partial charge in [0.2, 0.25) is 0 Å². The van der Waals surface area contributed by atoms with E-state index in [9.17, 15) is 4.79 Å². The third kappa shape index (κ3) is 6.76. The van der Waals surface area contributed by atoms with Crippen LogP contribution in [-0.4, -0.2) is 39.0 Å². The first kappa shape index (κ1) is 26.1. The van der Waals surface area contributed by atoms with Gasteiger partial charge < -0.3 is 13.8 Å². The third-order valence-electron chi connectivity index (χ3n) is 7.24. The van der Waals surface area contributed by atoms with Crippen molar-refractivity contribution in [2.24, 2.45) is 11.8 Å². The van der Waals surface area contributed by atoms with E-state index in [1.807, 2.05) is 0 Å². The van der Waals surface area contributed by atoms with E-state index in [0.29, 0.717) is 6.42 Å². The maximum absolute atomic E-state index is 11.9. The van der Waals surface area contributed by atoms with Gasteiger partial charge in [0.15, 0.2) is 8.32 Å². The summed E-state index contributed by atoms with van der Waals surface area (Å²) in [5, 5.41) is 0.147. The minimum absolute atomic E-state index is 0.0113. The lowest BCUT2D eigenvalue weighted by Crippen LogP contribution is -2.43.